The summed E-state index contributed by atoms with van der Waals surface area (Å²) in [6, 6.07) is 7.23. The molecule has 0 unspecified atom stereocenters. The summed E-state index contributed by atoms with van der Waals surface area (Å²) in [6.45, 7) is 22.2. The number of nitrogens with one attached hydrogen (secondary N) is 4. The van der Waals surface area contributed by atoms with Crippen molar-refractivity contribution in [1.82, 2.24) is 21.3 Å². The molecule has 1 aromatic carbocycles. The van der Waals surface area contributed by atoms with Gasteiger partial charge >= 0.3 is 0 Å². The number of terminal acetylenes is 2. The van der Waals surface area contributed by atoms with E-state index < -0.39 is 38.7 Å². The number of amides is 3. The molecule has 1 aromatic rings. The second kappa shape index (κ2) is 35.6. The van der Waals surface area contributed by atoms with E-state index in [4.69, 9.17) is 0 Å². The molecule has 288 valence electrons. The second-order valence-corrected chi connectivity index (χ2v) is 13.7. The molecule has 0 aromatic heterocycles. The molecule has 0 heterocycles. The minimum atomic E-state index is -3.59. The number of carbonyl (C=O) groups is 3. The minimum Gasteiger partial charge on any atom is -0.356 e. The highest BCUT2D eigenvalue weighted by Gasteiger charge is 2.32. The number of carbonyl (C=O) groups excluding carboxylic acids is 3. The number of benzene rings is 1. The number of sulfone groups is 1. The standard InChI is InChI=1S/C28H48N4O5S.C6H9F.C2H4.2C2H2/c1-5-11-25(12-6-2)38(36,37)21-26(32-27(34)15-9-17-30-22(4)33)28(35)31-18-10-16-29-20-24-14-8-13-23(7-3)19-24;1-5(2)4-6(3)7;3*1-2/h8,13-14,19,25-26,29H,5-7,9-12,15-18,20-21H2,1-4H3,(H,30,33)(H,31,35)(H,32,34);4H,3H2,1-2H3;1-2H2;2*1-2H/t26-;;;;/m1..../s1. The van der Waals surface area contributed by atoms with Crippen molar-refractivity contribution in [3.8, 4) is 25.7 Å². The molecule has 0 aliphatic carbocycles. The summed E-state index contributed by atoms with van der Waals surface area (Å²) in [5.41, 5.74) is 3.43. The smallest absolute Gasteiger partial charge is 0.243 e. The third-order valence-electron chi connectivity index (χ3n) is 6.74. The van der Waals surface area contributed by atoms with Gasteiger partial charge in [-0.1, -0.05) is 70.0 Å². The fourth-order valence-electron chi connectivity index (χ4n) is 4.53. The topological polar surface area (TPSA) is 133 Å². The molecule has 11 heteroatoms. The zero-order valence-corrected chi connectivity index (χ0v) is 32.8. The van der Waals surface area contributed by atoms with E-state index in [1.54, 1.807) is 0 Å². The molecule has 0 saturated heterocycles. The molecule has 0 bridgehead atoms. The largest absolute Gasteiger partial charge is 0.356 e. The van der Waals surface area contributed by atoms with Gasteiger partial charge in [-0.15, -0.1) is 38.9 Å². The van der Waals surface area contributed by atoms with Crippen LogP contribution in [0.5, 0.6) is 0 Å². The van der Waals surface area contributed by atoms with Crippen molar-refractivity contribution in [2.75, 3.05) is 25.4 Å². The van der Waals surface area contributed by atoms with Crippen LogP contribution in [0.1, 0.15) is 97.6 Å². The van der Waals surface area contributed by atoms with Gasteiger partial charge in [-0.2, -0.15) is 0 Å². The zero-order chi connectivity index (χ0) is 40.3. The molecule has 3 amide bonds. The van der Waals surface area contributed by atoms with Gasteiger partial charge in [-0.3, -0.25) is 14.4 Å². The molecular weight excluding hydrogens is 668 g/mol. The monoisotopic (exact) mass is 732 g/mol. The van der Waals surface area contributed by atoms with Crippen LogP contribution in [0.3, 0.4) is 0 Å². The Hall–Kier alpha value is -4.19. The van der Waals surface area contributed by atoms with Gasteiger partial charge in [0.2, 0.25) is 17.7 Å². The third-order valence-corrected chi connectivity index (χ3v) is 9.02. The van der Waals surface area contributed by atoms with Crippen LogP contribution in [0, 0.1) is 25.7 Å². The number of hydrogen-bond donors (Lipinski definition) is 4. The van der Waals surface area contributed by atoms with E-state index in [1.165, 1.54) is 24.1 Å². The average Bonchev–Trinajstić information content (AvgIpc) is 3.10. The molecular formula is C40H65FN4O5S. The predicted molar refractivity (Wildman–Crippen MR) is 213 cm³/mol. The van der Waals surface area contributed by atoms with Gasteiger partial charge in [-0.25, -0.2) is 12.8 Å². The van der Waals surface area contributed by atoms with Gasteiger partial charge in [0.05, 0.1) is 11.0 Å². The minimum absolute atomic E-state index is 0.0839. The highest BCUT2D eigenvalue weighted by atomic mass is 32.2. The lowest BCUT2D eigenvalue weighted by atomic mass is 10.1. The normalized spacial score (nSPS) is 10.4. The van der Waals surface area contributed by atoms with Crippen LogP contribution in [0.15, 0.2) is 61.5 Å². The van der Waals surface area contributed by atoms with Gasteiger partial charge in [0.1, 0.15) is 11.9 Å². The van der Waals surface area contributed by atoms with Crippen molar-refractivity contribution in [2.24, 2.45) is 0 Å². The first kappa shape index (κ1) is 53.6. The van der Waals surface area contributed by atoms with Crippen LogP contribution in [-0.2, 0) is 37.2 Å². The van der Waals surface area contributed by atoms with Gasteiger partial charge in [-0.05, 0) is 69.7 Å². The van der Waals surface area contributed by atoms with E-state index in [0.29, 0.717) is 45.3 Å². The Bertz CT molecular complexity index is 1280. The zero-order valence-electron chi connectivity index (χ0n) is 32.0. The highest BCUT2D eigenvalue weighted by Crippen LogP contribution is 2.17. The summed E-state index contributed by atoms with van der Waals surface area (Å²) in [4.78, 5) is 36.5. The maximum atomic E-state index is 13.1. The summed E-state index contributed by atoms with van der Waals surface area (Å²) in [7, 11) is -3.59. The maximum Gasteiger partial charge on any atom is 0.243 e. The van der Waals surface area contributed by atoms with Gasteiger partial charge < -0.3 is 21.3 Å². The van der Waals surface area contributed by atoms with Gasteiger partial charge in [0, 0.05) is 33.0 Å². The number of rotatable bonds is 21. The first-order chi connectivity index (χ1) is 24.2. The Balaban J connectivity index is -0.000000733. The molecule has 0 spiro atoms. The molecule has 0 aliphatic rings. The van der Waals surface area contributed by atoms with Crippen molar-refractivity contribution in [3.05, 3.63) is 72.6 Å². The molecule has 51 heavy (non-hydrogen) atoms. The Kier molecular flexibility index (Phi) is 37.4. The van der Waals surface area contributed by atoms with Crippen LogP contribution in [0.25, 0.3) is 0 Å². The quantitative estimate of drug-likeness (QED) is 0.0503. The molecule has 1 rings (SSSR count). The highest BCUT2D eigenvalue weighted by molar-refractivity contribution is 7.92. The number of halogens is 1. The van der Waals surface area contributed by atoms with Crippen LogP contribution in [-0.4, -0.2) is 62.8 Å². The van der Waals surface area contributed by atoms with Gasteiger partial charge in [0.15, 0.2) is 9.84 Å². The van der Waals surface area contributed by atoms with E-state index >= 15 is 0 Å². The molecule has 9 nitrogen and oxygen atoms in total. The van der Waals surface area contributed by atoms with Crippen LogP contribution < -0.4 is 21.3 Å². The third kappa shape index (κ3) is 31.5. The van der Waals surface area contributed by atoms with Crippen LogP contribution in [0.2, 0.25) is 0 Å². The van der Waals surface area contributed by atoms with Crippen LogP contribution >= 0.6 is 0 Å². The van der Waals surface area contributed by atoms with Crippen molar-refractivity contribution in [1.29, 1.82) is 0 Å². The summed E-state index contributed by atoms with van der Waals surface area (Å²) in [5.74, 6) is -1.89. The fourth-order valence-corrected chi connectivity index (χ4v) is 6.69. The Morgan fingerprint density at radius 1 is 0.882 bits per heavy atom. The maximum absolute atomic E-state index is 13.1. The van der Waals surface area contributed by atoms with Crippen molar-refractivity contribution in [2.45, 2.75) is 111 Å². The molecule has 4 N–H and O–H groups in total. The second-order valence-electron chi connectivity index (χ2n) is 11.4. The van der Waals surface area contributed by atoms with E-state index in [2.05, 4.69) is 91.8 Å². The molecule has 0 fully saturated rings. The van der Waals surface area contributed by atoms with E-state index in [0.717, 1.165) is 31.4 Å². The molecule has 0 aliphatic heterocycles. The Morgan fingerprint density at radius 2 is 1.43 bits per heavy atom. The predicted octanol–water partition coefficient (Wildman–Crippen LogP) is 6.37. The lowest BCUT2D eigenvalue weighted by molar-refractivity contribution is -0.128. The Labute approximate surface area is 309 Å². The van der Waals surface area contributed by atoms with Crippen LogP contribution in [0.4, 0.5) is 4.39 Å². The van der Waals surface area contributed by atoms with Gasteiger partial charge in [0.25, 0.3) is 0 Å². The van der Waals surface area contributed by atoms with Crippen molar-refractivity contribution >= 4 is 27.6 Å². The average molecular weight is 733 g/mol. The summed E-state index contributed by atoms with van der Waals surface area (Å²) >= 11 is 0. The first-order valence-electron chi connectivity index (χ1n) is 17.2. The fraction of sp³-hybridized carbons (Fsp3) is 0.525. The number of hydrogen-bond acceptors (Lipinski definition) is 6. The van der Waals surface area contributed by atoms with Crippen molar-refractivity contribution < 1.29 is 27.2 Å². The Morgan fingerprint density at radius 3 is 1.90 bits per heavy atom. The van der Waals surface area contributed by atoms with E-state index in [1.807, 2.05) is 33.8 Å². The summed E-state index contributed by atoms with van der Waals surface area (Å²) < 4.78 is 38.0. The lowest BCUT2D eigenvalue weighted by Crippen LogP contribution is -2.51. The lowest BCUT2D eigenvalue weighted by Gasteiger charge is -2.22. The number of aryl methyl sites for hydroxylation is 1. The van der Waals surface area contributed by atoms with E-state index in [9.17, 15) is 27.2 Å². The molecule has 0 radical (unpaired) electrons. The SMILES string of the molecule is C#C.C#C.C=C.C=C(F)C=C(C)C.CCCC(CCC)S(=O)(=O)C[C@@H](NC(=O)CCCNC(C)=O)C(=O)NCCCNCc1cccc(CC)c1. The first-order valence-corrected chi connectivity index (χ1v) is 18.9. The summed E-state index contributed by atoms with van der Waals surface area (Å²) in [6.07, 6.45) is 22.0. The molecule has 0 saturated carbocycles. The summed E-state index contributed by atoms with van der Waals surface area (Å²) in [5, 5.41) is 10.9. The van der Waals surface area contributed by atoms with Crippen molar-refractivity contribution in [3.63, 3.8) is 0 Å². The molecule has 1 atom stereocenters. The van der Waals surface area contributed by atoms with E-state index in [-0.39, 0.29) is 18.2 Å². The number of allylic oxidation sites excluding steroid dienone is 3.